The van der Waals surface area contributed by atoms with Crippen LogP contribution in [0.25, 0.3) is 10.4 Å². The number of anilines is 2. The van der Waals surface area contributed by atoms with Crippen molar-refractivity contribution in [1.29, 1.82) is 0 Å². The van der Waals surface area contributed by atoms with Gasteiger partial charge < -0.3 is 15.5 Å². The van der Waals surface area contributed by atoms with Crippen molar-refractivity contribution in [2.45, 2.75) is 51.8 Å². The van der Waals surface area contributed by atoms with E-state index in [0.717, 1.165) is 32.7 Å². The molecule has 0 amide bonds. The Balaban J connectivity index is 1.64. The highest BCUT2D eigenvalue weighted by Crippen LogP contribution is 2.51. The van der Waals surface area contributed by atoms with E-state index in [4.69, 9.17) is 0 Å². The van der Waals surface area contributed by atoms with Crippen molar-refractivity contribution in [2.75, 3.05) is 5.32 Å². The van der Waals surface area contributed by atoms with Gasteiger partial charge >= 0.3 is 12.1 Å². The number of aliphatic carboxylic acids is 1. The average Bonchev–Trinajstić information content (AvgIpc) is 3.26. The van der Waals surface area contributed by atoms with Gasteiger partial charge in [-0.25, -0.2) is 15.0 Å². The predicted octanol–water partition coefficient (Wildman–Crippen LogP) is 6.53. The summed E-state index contributed by atoms with van der Waals surface area (Å²) >= 11 is 4.88. The van der Waals surface area contributed by atoms with Crippen LogP contribution in [0.3, 0.4) is 0 Å². The summed E-state index contributed by atoms with van der Waals surface area (Å²) in [7, 11) is 0. The zero-order valence-electron chi connectivity index (χ0n) is 19.6. The van der Waals surface area contributed by atoms with Gasteiger partial charge in [-0.2, -0.15) is 13.2 Å². The van der Waals surface area contributed by atoms with Crippen LogP contribution < -0.4 is 5.32 Å². The van der Waals surface area contributed by atoms with Crippen LogP contribution in [0.1, 0.15) is 49.4 Å². The van der Waals surface area contributed by atoms with E-state index in [9.17, 15) is 28.2 Å². The van der Waals surface area contributed by atoms with E-state index in [-0.39, 0.29) is 18.8 Å². The maximum absolute atomic E-state index is 13.0. The van der Waals surface area contributed by atoms with E-state index in [1.807, 2.05) is 20.8 Å². The number of rotatable bonds is 5. The fourth-order valence-corrected chi connectivity index (χ4v) is 6.35. The highest BCUT2D eigenvalue weighted by molar-refractivity contribution is 9.10. The van der Waals surface area contributed by atoms with E-state index in [1.165, 1.54) is 11.3 Å². The third-order valence-corrected chi connectivity index (χ3v) is 8.74. The maximum atomic E-state index is 13.0. The van der Waals surface area contributed by atoms with Crippen LogP contribution in [-0.2, 0) is 16.6 Å². The Hall–Kier alpha value is -2.57. The second kappa shape index (κ2) is 9.38. The topological polar surface area (TPSA) is 108 Å². The molecular weight excluding hydrogens is 561 g/mol. The Kier molecular flexibility index (Phi) is 6.91. The molecule has 2 unspecified atom stereocenters. The largest absolute Gasteiger partial charge is 0.481 e. The summed E-state index contributed by atoms with van der Waals surface area (Å²) in [5, 5.41) is 24.3. The van der Waals surface area contributed by atoms with E-state index in [2.05, 4.69) is 36.2 Å². The van der Waals surface area contributed by atoms with Crippen LogP contribution in [-0.4, -0.2) is 31.1 Å². The lowest BCUT2D eigenvalue weighted by atomic mass is 9.63. The summed E-state index contributed by atoms with van der Waals surface area (Å²) in [5.74, 6) is -1.60. The van der Waals surface area contributed by atoms with Gasteiger partial charge in [-0.1, -0.05) is 13.8 Å². The molecule has 0 saturated heterocycles. The number of aromatic nitrogens is 3. The number of nitrogens with zero attached hydrogens (tertiary/aromatic N) is 3. The summed E-state index contributed by atoms with van der Waals surface area (Å²) in [6.07, 6.45) is -1.02. The summed E-state index contributed by atoms with van der Waals surface area (Å²) < 4.78 is 39.9. The third-order valence-electron chi connectivity index (χ3n) is 6.46. The standard InChI is InChI=1S/C24H24BrF3N4O3S/c1-12-8-13(31-21-29-7-5-17(32-21)24(26,27)28)9-14(18(12)25)16-10-30-20(36-16)23(35)6-4-15(19(33)34)22(2,3)11-23/h5,7-10,15,35H,4,6,11H2,1-3H3,(H,33,34)(H,29,31,32). The van der Waals surface area contributed by atoms with Gasteiger partial charge in [0, 0.05) is 28.1 Å². The molecule has 2 atom stereocenters. The molecule has 0 spiro atoms. The highest BCUT2D eigenvalue weighted by Gasteiger charge is 2.49. The van der Waals surface area contributed by atoms with Crippen LogP contribution >= 0.6 is 27.3 Å². The van der Waals surface area contributed by atoms with Crippen LogP contribution in [0.15, 0.2) is 35.1 Å². The molecule has 0 radical (unpaired) electrons. The number of benzene rings is 1. The smallest absolute Gasteiger partial charge is 0.433 e. The summed E-state index contributed by atoms with van der Waals surface area (Å²) in [6.45, 7) is 5.53. The van der Waals surface area contributed by atoms with Crippen molar-refractivity contribution in [2.24, 2.45) is 11.3 Å². The van der Waals surface area contributed by atoms with Crippen molar-refractivity contribution in [3.8, 4) is 10.4 Å². The fraction of sp³-hybridized carbons (Fsp3) is 0.417. The number of alkyl halides is 3. The molecule has 1 aliphatic rings. The Bertz CT molecular complexity index is 1310. The Morgan fingerprint density at radius 3 is 2.64 bits per heavy atom. The van der Waals surface area contributed by atoms with E-state index in [1.54, 1.807) is 18.3 Å². The molecule has 0 bridgehead atoms. The molecule has 1 saturated carbocycles. The molecule has 12 heteroatoms. The molecule has 2 aromatic heterocycles. The minimum Gasteiger partial charge on any atom is -0.481 e. The molecule has 1 aromatic carbocycles. The minimum absolute atomic E-state index is 0.186. The molecule has 0 aliphatic heterocycles. The molecule has 3 aromatic rings. The van der Waals surface area contributed by atoms with Crippen molar-refractivity contribution in [1.82, 2.24) is 15.0 Å². The number of aryl methyl sites for hydroxylation is 1. The zero-order valence-corrected chi connectivity index (χ0v) is 22.1. The molecule has 7 nitrogen and oxygen atoms in total. The van der Waals surface area contributed by atoms with E-state index >= 15 is 0 Å². The third kappa shape index (κ3) is 5.25. The maximum Gasteiger partial charge on any atom is 0.433 e. The average molecular weight is 585 g/mol. The van der Waals surface area contributed by atoms with Crippen LogP contribution in [0.5, 0.6) is 0 Å². The van der Waals surface area contributed by atoms with Crippen LogP contribution in [0.2, 0.25) is 0 Å². The number of carboxylic acid groups (broad SMARTS) is 1. The van der Waals surface area contributed by atoms with Gasteiger partial charge in [0.15, 0.2) is 0 Å². The van der Waals surface area contributed by atoms with E-state index in [0.29, 0.717) is 17.1 Å². The predicted molar refractivity (Wildman–Crippen MR) is 133 cm³/mol. The number of halogens is 4. The van der Waals surface area contributed by atoms with Crippen LogP contribution in [0.4, 0.5) is 24.8 Å². The molecule has 192 valence electrons. The van der Waals surface area contributed by atoms with Gasteiger partial charge in [0.05, 0.1) is 10.8 Å². The van der Waals surface area contributed by atoms with Crippen molar-refractivity contribution in [3.63, 3.8) is 0 Å². The van der Waals surface area contributed by atoms with Gasteiger partial charge in [0.25, 0.3) is 0 Å². The fourth-order valence-electron chi connectivity index (χ4n) is 4.72. The zero-order chi connectivity index (χ0) is 26.5. The SMILES string of the molecule is Cc1cc(Nc2nccc(C(F)(F)F)n2)cc(-c2cnc(C3(O)CCC(C(=O)O)C(C)(C)C3)s2)c1Br. The second-order valence-corrected chi connectivity index (χ2v) is 11.5. The monoisotopic (exact) mass is 584 g/mol. The number of aliphatic hydroxyl groups is 1. The van der Waals surface area contributed by atoms with Gasteiger partial charge in [0.2, 0.25) is 5.95 Å². The Morgan fingerprint density at radius 1 is 1.28 bits per heavy atom. The molecule has 2 heterocycles. The number of nitrogens with one attached hydrogen (secondary N) is 1. The quantitative estimate of drug-likeness (QED) is 0.313. The first-order valence-electron chi connectivity index (χ1n) is 11.1. The molecule has 1 fully saturated rings. The number of carboxylic acids is 1. The molecule has 1 aliphatic carbocycles. The first kappa shape index (κ1) is 26.5. The van der Waals surface area contributed by atoms with Crippen molar-refractivity contribution in [3.05, 3.63) is 51.3 Å². The number of thiazole rings is 1. The number of carbonyl (C=O) groups is 1. The number of hydrogen-bond acceptors (Lipinski definition) is 7. The molecule has 4 rings (SSSR count). The van der Waals surface area contributed by atoms with E-state index < -0.39 is 34.8 Å². The van der Waals surface area contributed by atoms with Crippen molar-refractivity contribution >= 4 is 44.9 Å². The lowest BCUT2D eigenvalue weighted by Gasteiger charge is -2.44. The minimum atomic E-state index is -4.59. The lowest BCUT2D eigenvalue weighted by molar-refractivity contribution is -0.154. The highest BCUT2D eigenvalue weighted by atomic mass is 79.9. The van der Waals surface area contributed by atoms with Gasteiger partial charge in [-0.05, 0) is 71.3 Å². The molecule has 36 heavy (non-hydrogen) atoms. The summed E-state index contributed by atoms with van der Waals surface area (Å²) in [5.41, 5.74) is -0.871. The molecule has 3 N–H and O–H groups in total. The Morgan fingerprint density at radius 2 is 2.00 bits per heavy atom. The normalized spacial score (nSPS) is 21.8. The van der Waals surface area contributed by atoms with Crippen LogP contribution in [0, 0.1) is 18.3 Å². The van der Waals surface area contributed by atoms with Gasteiger partial charge in [-0.3, -0.25) is 4.79 Å². The van der Waals surface area contributed by atoms with Gasteiger partial charge in [0.1, 0.15) is 16.3 Å². The Labute approximate surface area is 218 Å². The number of hydrogen-bond donors (Lipinski definition) is 3. The lowest BCUT2D eigenvalue weighted by Crippen LogP contribution is -2.44. The van der Waals surface area contributed by atoms with Crippen molar-refractivity contribution < 1.29 is 28.2 Å². The summed E-state index contributed by atoms with van der Waals surface area (Å²) in [4.78, 5) is 24.3. The second-order valence-electron chi connectivity index (χ2n) is 9.70. The summed E-state index contributed by atoms with van der Waals surface area (Å²) in [6, 6.07) is 4.30. The first-order valence-corrected chi connectivity index (χ1v) is 12.7. The first-order chi connectivity index (χ1) is 16.7. The molecular formula is C24H24BrF3N4O3S. The van der Waals surface area contributed by atoms with Gasteiger partial charge in [-0.15, -0.1) is 11.3 Å².